The Balaban J connectivity index is 1.14. The zero-order valence-corrected chi connectivity index (χ0v) is 76.0. The molecule has 0 bridgehead atoms. The maximum Gasteiger partial charge on any atom is 0.305 e. The molecule has 3 aliphatic rings. The number of thioether (sulfide) groups is 1. The maximum absolute atomic E-state index is 15.7. The van der Waals surface area contributed by atoms with Gasteiger partial charge in [-0.05, 0) is 102 Å². The van der Waals surface area contributed by atoms with Crippen LogP contribution in [0.2, 0.25) is 0 Å². The van der Waals surface area contributed by atoms with Crippen LogP contribution in [0.15, 0.2) is 121 Å². The number of amides is 15. The molecule has 135 heavy (non-hydrogen) atoms. The Morgan fingerprint density at radius 2 is 1.03 bits per heavy atom. The molecule has 13 atom stereocenters. The lowest BCUT2D eigenvalue weighted by atomic mass is 9.98. The second-order valence-electron chi connectivity index (χ2n) is 33.4. The van der Waals surface area contributed by atoms with Crippen molar-refractivity contribution in [2.24, 2.45) is 17.4 Å². The summed E-state index contributed by atoms with van der Waals surface area (Å²) in [7, 11) is 3.56. The molecule has 0 spiro atoms. The van der Waals surface area contributed by atoms with Gasteiger partial charge in [0.15, 0.2) is 17.5 Å². The number of fused-ring (bicyclic) bond motifs is 3. The topological polar surface area (TPSA) is 582 Å². The molecule has 0 unspecified atom stereocenters. The average molecular weight is 1900 g/mol. The lowest BCUT2D eigenvalue weighted by Gasteiger charge is -2.41. The van der Waals surface area contributed by atoms with Crippen LogP contribution in [0.4, 0.5) is 13.2 Å². The number of nitrogens with two attached hydrogens (primary N) is 2. The number of para-hydroxylation sites is 1. The van der Waals surface area contributed by atoms with Crippen LogP contribution < -0.4 is 59.3 Å². The number of rotatable bonds is 24. The first-order valence-corrected chi connectivity index (χ1v) is 45.0. The van der Waals surface area contributed by atoms with E-state index in [0.29, 0.717) is 52.3 Å². The van der Waals surface area contributed by atoms with Gasteiger partial charge < -0.3 is 119 Å². The van der Waals surface area contributed by atoms with Crippen molar-refractivity contribution in [2.75, 3.05) is 85.3 Å². The summed E-state index contributed by atoms with van der Waals surface area (Å²) < 4.78 is 56.7. The molecule has 3 aliphatic heterocycles. The third kappa shape index (κ3) is 29.4. The summed E-state index contributed by atoms with van der Waals surface area (Å²) in [6.07, 6.45) is -3.40. The van der Waals surface area contributed by atoms with Gasteiger partial charge in [0.25, 0.3) is 0 Å². The third-order valence-electron chi connectivity index (χ3n) is 23.3. The quantitative estimate of drug-likeness (QED) is 0.0330. The van der Waals surface area contributed by atoms with Gasteiger partial charge in [-0.1, -0.05) is 106 Å². The lowest BCUT2D eigenvalue weighted by Crippen LogP contribution is -2.64. The number of primary amides is 1. The van der Waals surface area contributed by atoms with Gasteiger partial charge in [0.2, 0.25) is 88.6 Å². The molecule has 4 heterocycles. The van der Waals surface area contributed by atoms with E-state index >= 15 is 51.9 Å². The number of likely N-dealkylation sites (N-methyl/N-ethyl adjacent to an activating group) is 3. The van der Waals surface area contributed by atoms with Gasteiger partial charge >= 0.3 is 11.9 Å². The SMILES string of the molecule is CCCC[C@H]1C(=O)N2CCOC[C@@H]2C(=O)N[C@@H](CC(=O)O)C(=O)N[C@H](C(C)C)C(=O)N(C)[C@@H](Cc2ccccc2)C(=O)N[C@@H](CCN)C(=O)N2CCOC[C@@H]2C(=O)N[C@H](Cc2c[nH]c3ccccc23)C(=O)N[C@@H](Cc2ccc(O)cc2)C(=O)N[C@@H](CCC(=O)O)C(=O)N[C@H](C(=O)NCC(N)=O)CSCC(=O)N[C@@H](Cc2cc(F)c(F)c(F)c2)C(=O)N(C)[C@@H](Cc2ccc(O)cc2)C(=O)N1C. The smallest absolute Gasteiger partial charge is 0.305 e. The van der Waals surface area contributed by atoms with Crippen molar-refractivity contribution in [1.82, 2.24) is 77.3 Å². The molecule has 9 rings (SSSR count). The molecule has 0 saturated carbocycles. The highest BCUT2D eigenvalue weighted by molar-refractivity contribution is 8.00. The number of carboxylic acid groups (broad SMARTS) is 2. The van der Waals surface area contributed by atoms with E-state index in [0.717, 1.165) is 31.5 Å². The number of aromatic nitrogens is 1. The second kappa shape index (κ2) is 49.8. The van der Waals surface area contributed by atoms with Gasteiger partial charge in [-0.15, -0.1) is 11.8 Å². The van der Waals surface area contributed by atoms with E-state index in [1.54, 1.807) is 67.7 Å². The third-order valence-corrected chi connectivity index (χ3v) is 24.3. The second-order valence-corrected chi connectivity index (χ2v) is 34.4. The molecule has 0 aliphatic carbocycles. The number of aromatic amines is 1. The Bertz CT molecular complexity index is 5250. The number of hydrogen-bond acceptors (Lipinski definition) is 23. The number of nitrogens with one attached hydrogen (secondary N) is 10. The standard InChI is InChI=1S/C91H114F3N17O23S/c1-7-8-18-68-90(131)111-32-34-134-46-72(111)86(127)104-65(42-76(118)119)83(124)106-78(49(2)3)91(132)108(5)69(39-50-14-10-9-11-15-50)84(125)101-62(29-30-95)88(129)110-31-33-133-45-71(110)85(126)103-64(41-54-43-97-60-17-13-12-16-57(54)60)82(123)102-63(37-51-19-23-55(112)24-20-51)81(122)100-61(27-28-75(116)117)80(121)105-67(79(120)98-44-73(96)114)47-135-48-74(115)99-66(38-53-35-58(92)77(94)59(93)36-53)87(128)109(6)70(89(130)107(68)4)40-52-21-25-56(113)26-22-52/h9-17,19-26,35-36,43,49,61-72,78,97,112-113H,7-8,18,27-34,37-42,44-48,95H2,1-6H3,(H2,96,114)(H,98,120)(H,99,115)(H,100,122)(H,101,125)(H,102,123)(H,103,126)(H,104,127)(H,105,121)(H,106,124)(H,116,117)(H,118,119)/t61-,62-,63-,64+,65-,66-,67-,68-,69-,70-,71+,72+,78+/m0/s1. The molecular formula is C91H114F3N17O23S. The Morgan fingerprint density at radius 3 is 1.61 bits per heavy atom. The number of aromatic hydroxyl groups is 2. The van der Waals surface area contributed by atoms with Gasteiger partial charge in [-0.2, -0.15) is 0 Å². The molecule has 44 heteroatoms. The lowest BCUT2D eigenvalue weighted by molar-refractivity contribution is -0.158. The summed E-state index contributed by atoms with van der Waals surface area (Å²) in [5.41, 5.74) is 13.2. The fourth-order valence-electron chi connectivity index (χ4n) is 15.8. The van der Waals surface area contributed by atoms with Gasteiger partial charge in [0, 0.05) is 95.6 Å². The van der Waals surface area contributed by atoms with Crippen molar-refractivity contribution in [3.63, 3.8) is 0 Å². The number of H-pyrrole nitrogens is 1. The summed E-state index contributed by atoms with van der Waals surface area (Å²) >= 11 is 0.560. The van der Waals surface area contributed by atoms with Crippen LogP contribution in [0.3, 0.4) is 0 Å². The molecule has 728 valence electrons. The summed E-state index contributed by atoms with van der Waals surface area (Å²) in [6.45, 7) is 1.52. The molecule has 40 nitrogen and oxygen atoms in total. The fraction of sp³-hybridized carbons (Fsp3) is 0.462. The monoisotopic (exact) mass is 1900 g/mol. The molecule has 15 amide bonds. The molecule has 3 fully saturated rings. The number of ether oxygens (including phenoxy) is 2. The number of morpholine rings is 2. The molecule has 3 saturated heterocycles. The minimum Gasteiger partial charge on any atom is -0.508 e. The highest BCUT2D eigenvalue weighted by atomic mass is 32.2. The Kier molecular flexibility index (Phi) is 38.7. The number of benzene rings is 5. The molecular weight excluding hydrogens is 1790 g/mol. The van der Waals surface area contributed by atoms with E-state index in [9.17, 15) is 63.2 Å². The van der Waals surface area contributed by atoms with Crippen molar-refractivity contribution >= 4 is 123 Å². The van der Waals surface area contributed by atoms with Gasteiger partial charge in [0.1, 0.15) is 90.0 Å². The minimum atomic E-state index is -2.03. The van der Waals surface area contributed by atoms with Crippen molar-refractivity contribution in [3.05, 3.63) is 167 Å². The zero-order valence-electron chi connectivity index (χ0n) is 75.2. The molecule has 5 aromatic carbocycles. The first-order chi connectivity index (χ1) is 64.2. The van der Waals surface area contributed by atoms with Crippen molar-refractivity contribution in [3.8, 4) is 11.5 Å². The van der Waals surface area contributed by atoms with E-state index in [4.69, 9.17) is 20.9 Å². The number of nitrogens with zero attached hydrogens (tertiary/aromatic N) is 5. The van der Waals surface area contributed by atoms with Crippen molar-refractivity contribution < 1.29 is 125 Å². The Labute approximate surface area is 778 Å². The average Bonchev–Trinajstić information content (AvgIpc) is 1.79. The first-order valence-electron chi connectivity index (χ1n) is 43.8. The number of aliphatic carboxylic acids is 2. The number of carbonyl (C=O) groups excluding carboxylic acids is 15. The predicted octanol–water partition coefficient (Wildman–Crippen LogP) is -0.793. The summed E-state index contributed by atoms with van der Waals surface area (Å²) in [5.74, 6) is -27.5. The Hall–Kier alpha value is -13.8. The van der Waals surface area contributed by atoms with Crippen LogP contribution in [0.25, 0.3) is 10.9 Å². The van der Waals surface area contributed by atoms with Crippen molar-refractivity contribution in [1.29, 1.82) is 0 Å². The minimum absolute atomic E-state index is 0.137. The summed E-state index contributed by atoms with van der Waals surface area (Å²) in [5, 5.41) is 64.4. The van der Waals surface area contributed by atoms with Crippen LogP contribution in [-0.2, 0) is 123 Å². The van der Waals surface area contributed by atoms with Crippen molar-refractivity contribution in [2.45, 2.75) is 176 Å². The summed E-state index contributed by atoms with van der Waals surface area (Å²) in [4.78, 5) is 258. The molecule has 1 aromatic heterocycles. The fourth-order valence-corrected chi connectivity index (χ4v) is 16.6. The predicted molar refractivity (Wildman–Crippen MR) is 480 cm³/mol. The van der Waals surface area contributed by atoms with Crippen LogP contribution in [0, 0.1) is 23.4 Å². The van der Waals surface area contributed by atoms with Crippen LogP contribution in [-0.4, -0.2) is 314 Å². The highest BCUT2D eigenvalue weighted by Crippen LogP contribution is 2.27. The van der Waals surface area contributed by atoms with Crippen LogP contribution in [0.5, 0.6) is 11.5 Å². The number of phenols is 2. The zero-order chi connectivity index (χ0) is 98.6. The van der Waals surface area contributed by atoms with E-state index in [1.165, 1.54) is 76.5 Å². The number of hydrogen-bond donors (Lipinski definition) is 16. The van der Waals surface area contributed by atoms with E-state index in [2.05, 4.69) is 52.8 Å². The van der Waals surface area contributed by atoms with E-state index < -0.39 is 278 Å². The molecule has 18 N–H and O–H groups in total. The number of phenolic OH excluding ortho intramolecular Hbond substituents is 2. The first kappa shape index (κ1) is 105. The van der Waals surface area contributed by atoms with Crippen LogP contribution >= 0.6 is 11.8 Å². The van der Waals surface area contributed by atoms with E-state index in [-0.39, 0.29) is 87.6 Å². The maximum atomic E-state index is 15.7. The van der Waals surface area contributed by atoms with Gasteiger partial charge in [0.05, 0.1) is 45.1 Å². The molecule has 0 radical (unpaired) electrons. The molecule has 6 aromatic rings. The number of unbranched alkanes of at least 4 members (excludes halogenated alkanes) is 1. The largest absolute Gasteiger partial charge is 0.508 e. The van der Waals surface area contributed by atoms with Gasteiger partial charge in [-0.3, -0.25) is 81.5 Å². The normalized spacial score (nSPS) is 23.5. The summed E-state index contributed by atoms with van der Waals surface area (Å²) in [6, 6.07) is 4.04. The number of halogens is 3. The number of carboxylic acids is 2. The highest BCUT2D eigenvalue weighted by Gasteiger charge is 2.46. The van der Waals surface area contributed by atoms with Gasteiger partial charge in [-0.25, -0.2) is 13.2 Å². The Morgan fingerprint density at radius 1 is 0.519 bits per heavy atom. The van der Waals surface area contributed by atoms with Crippen LogP contribution in [0.1, 0.15) is 93.5 Å². The number of carbonyl (C=O) groups is 17. The van der Waals surface area contributed by atoms with E-state index in [1.807, 2.05) is 0 Å².